The number of benzene rings is 1. The minimum atomic E-state index is -0.483. The summed E-state index contributed by atoms with van der Waals surface area (Å²) in [4.78, 5) is 27.1. The van der Waals surface area contributed by atoms with Crippen molar-refractivity contribution in [3.05, 3.63) is 29.8 Å². The van der Waals surface area contributed by atoms with Crippen LogP contribution in [0.3, 0.4) is 0 Å². The largest absolute Gasteiger partial charge is 0.351 e. The van der Waals surface area contributed by atoms with E-state index in [-0.39, 0.29) is 11.8 Å². The quantitative estimate of drug-likeness (QED) is 0.868. The number of hydrogen-bond donors (Lipinski definition) is 1. The molecule has 1 fully saturated rings. The third-order valence-electron chi connectivity index (χ3n) is 4.30. The molecule has 1 aliphatic heterocycles. The number of carbonyl (C=O) groups excluding carboxylic acids is 2. The highest BCUT2D eigenvalue weighted by molar-refractivity contribution is 7.98. The Morgan fingerprint density at radius 2 is 2.00 bits per heavy atom. The molecule has 1 N–H and O–H groups in total. The molecule has 0 spiro atoms. The van der Waals surface area contributed by atoms with Gasteiger partial charge in [0.25, 0.3) is 0 Å². The maximum atomic E-state index is 12.5. The third kappa shape index (κ3) is 4.03. The molecule has 0 bridgehead atoms. The number of carbonyl (C=O) groups is 2. The van der Waals surface area contributed by atoms with Crippen molar-refractivity contribution < 1.29 is 9.59 Å². The number of nitrogens with zero attached hydrogens (tertiary/aromatic N) is 1. The normalized spacial score (nSPS) is 21.5. The van der Waals surface area contributed by atoms with E-state index in [0.29, 0.717) is 13.1 Å². The zero-order valence-corrected chi connectivity index (χ0v) is 14.3. The van der Waals surface area contributed by atoms with Gasteiger partial charge in [0.05, 0.1) is 5.41 Å². The van der Waals surface area contributed by atoms with Gasteiger partial charge in [-0.05, 0) is 43.7 Å². The summed E-state index contributed by atoms with van der Waals surface area (Å²) in [5.74, 6) is 0.0822. The van der Waals surface area contributed by atoms with Gasteiger partial charge < -0.3 is 10.2 Å². The Morgan fingerprint density at radius 3 is 2.59 bits per heavy atom. The third-order valence-corrected chi connectivity index (χ3v) is 5.05. The Labute approximate surface area is 136 Å². The molecule has 1 unspecified atom stereocenters. The lowest BCUT2D eigenvalue weighted by atomic mass is 9.81. The highest BCUT2D eigenvalue weighted by Gasteiger charge is 2.38. The van der Waals surface area contributed by atoms with Gasteiger partial charge in [0.2, 0.25) is 11.8 Å². The van der Waals surface area contributed by atoms with Crippen molar-refractivity contribution in [3.8, 4) is 0 Å². The van der Waals surface area contributed by atoms with Gasteiger partial charge in [-0.3, -0.25) is 9.59 Å². The predicted octanol–water partition coefficient (Wildman–Crippen LogP) is 2.67. The SMILES string of the molecule is CSc1ccc(CNC(=O)C2(C)CCCN(C(C)=O)C2)cc1. The molecule has 2 amide bonds. The number of rotatable bonds is 4. The monoisotopic (exact) mass is 320 g/mol. The van der Waals surface area contributed by atoms with Crippen LogP contribution in [0.25, 0.3) is 0 Å². The van der Waals surface area contributed by atoms with E-state index in [1.54, 1.807) is 23.6 Å². The molecule has 5 heteroatoms. The molecule has 22 heavy (non-hydrogen) atoms. The average Bonchev–Trinajstić information content (AvgIpc) is 2.53. The van der Waals surface area contributed by atoms with Crippen LogP contribution in [0.2, 0.25) is 0 Å². The fraction of sp³-hybridized carbons (Fsp3) is 0.529. The molecule has 4 nitrogen and oxygen atoms in total. The first kappa shape index (κ1) is 16.9. The van der Waals surface area contributed by atoms with Crippen LogP contribution < -0.4 is 5.32 Å². The van der Waals surface area contributed by atoms with Crippen LogP contribution in [0.4, 0.5) is 0 Å². The lowest BCUT2D eigenvalue weighted by Gasteiger charge is -2.38. The summed E-state index contributed by atoms with van der Waals surface area (Å²) in [6.45, 7) is 5.32. The van der Waals surface area contributed by atoms with Crippen LogP contribution in [0.15, 0.2) is 29.2 Å². The molecule has 120 valence electrons. The first-order chi connectivity index (χ1) is 10.4. The Hall–Kier alpha value is -1.49. The molecule has 0 radical (unpaired) electrons. The van der Waals surface area contributed by atoms with Gasteiger partial charge in [0.15, 0.2) is 0 Å². The van der Waals surface area contributed by atoms with Crippen LogP contribution in [0.1, 0.15) is 32.3 Å². The molecule has 2 rings (SSSR count). The van der Waals surface area contributed by atoms with E-state index in [9.17, 15) is 9.59 Å². The first-order valence-electron chi connectivity index (χ1n) is 7.61. The number of likely N-dealkylation sites (tertiary alicyclic amines) is 1. The van der Waals surface area contributed by atoms with E-state index in [0.717, 1.165) is 24.9 Å². The second-order valence-electron chi connectivity index (χ2n) is 6.14. The van der Waals surface area contributed by atoms with E-state index >= 15 is 0 Å². The van der Waals surface area contributed by atoms with Crippen molar-refractivity contribution in [1.29, 1.82) is 0 Å². The molecular formula is C17H24N2O2S. The van der Waals surface area contributed by atoms with Crippen LogP contribution in [-0.4, -0.2) is 36.1 Å². The van der Waals surface area contributed by atoms with E-state index < -0.39 is 5.41 Å². The summed E-state index contributed by atoms with van der Waals surface area (Å²) in [7, 11) is 0. The second-order valence-corrected chi connectivity index (χ2v) is 7.02. The molecule has 1 aromatic rings. The first-order valence-corrected chi connectivity index (χ1v) is 8.84. The molecule has 1 saturated heterocycles. The fourth-order valence-electron chi connectivity index (χ4n) is 2.83. The van der Waals surface area contributed by atoms with Crippen LogP contribution in [-0.2, 0) is 16.1 Å². The molecule has 0 aliphatic carbocycles. The molecule has 1 heterocycles. The van der Waals surface area contributed by atoms with Gasteiger partial charge in [0, 0.05) is 31.5 Å². The number of hydrogen-bond acceptors (Lipinski definition) is 3. The maximum Gasteiger partial charge on any atom is 0.227 e. The molecule has 0 aromatic heterocycles. The maximum absolute atomic E-state index is 12.5. The lowest BCUT2D eigenvalue weighted by Crippen LogP contribution is -2.51. The van der Waals surface area contributed by atoms with E-state index in [1.165, 1.54) is 4.90 Å². The van der Waals surface area contributed by atoms with Crippen molar-refractivity contribution >= 4 is 23.6 Å². The van der Waals surface area contributed by atoms with Crippen LogP contribution in [0, 0.1) is 5.41 Å². The average molecular weight is 320 g/mol. The van der Waals surface area contributed by atoms with E-state index in [4.69, 9.17) is 0 Å². The van der Waals surface area contributed by atoms with Gasteiger partial charge in [-0.1, -0.05) is 12.1 Å². The molecular weight excluding hydrogens is 296 g/mol. The smallest absolute Gasteiger partial charge is 0.227 e. The number of nitrogens with one attached hydrogen (secondary N) is 1. The summed E-state index contributed by atoms with van der Waals surface area (Å²) in [6.07, 6.45) is 3.75. The zero-order valence-electron chi connectivity index (χ0n) is 13.5. The number of piperidine rings is 1. The summed E-state index contributed by atoms with van der Waals surface area (Å²) >= 11 is 1.70. The molecule has 1 atom stereocenters. The molecule has 1 aliphatic rings. The number of amides is 2. The van der Waals surface area contributed by atoms with Gasteiger partial charge in [-0.15, -0.1) is 11.8 Å². The lowest BCUT2D eigenvalue weighted by molar-refractivity contribution is -0.139. The van der Waals surface area contributed by atoms with Crippen molar-refractivity contribution in [2.75, 3.05) is 19.3 Å². The Morgan fingerprint density at radius 1 is 1.32 bits per heavy atom. The van der Waals surface area contributed by atoms with Gasteiger partial charge in [-0.2, -0.15) is 0 Å². The van der Waals surface area contributed by atoms with Crippen molar-refractivity contribution in [1.82, 2.24) is 10.2 Å². The summed E-state index contributed by atoms with van der Waals surface area (Å²) in [5, 5.41) is 3.02. The zero-order chi connectivity index (χ0) is 16.2. The highest BCUT2D eigenvalue weighted by atomic mass is 32.2. The topological polar surface area (TPSA) is 49.4 Å². The number of thioether (sulfide) groups is 1. The van der Waals surface area contributed by atoms with Crippen molar-refractivity contribution in [2.24, 2.45) is 5.41 Å². The highest BCUT2D eigenvalue weighted by Crippen LogP contribution is 2.29. The second kappa shape index (κ2) is 7.18. The van der Waals surface area contributed by atoms with Gasteiger partial charge in [0.1, 0.15) is 0 Å². The molecule has 1 aromatic carbocycles. The standard InChI is InChI=1S/C17H24N2O2S/c1-13(20)19-10-4-9-17(2,12-19)16(21)18-11-14-5-7-15(22-3)8-6-14/h5-8H,4,9-12H2,1-3H3,(H,18,21). The Balaban J connectivity index is 1.94. The minimum absolute atomic E-state index is 0.0346. The predicted molar refractivity (Wildman–Crippen MR) is 89.7 cm³/mol. The van der Waals surface area contributed by atoms with E-state index in [2.05, 4.69) is 17.4 Å². The Kier molecular flexibility index (Phi) is 5.51. The summed E-state index contributed by atoms with van der Waals surface area (Å²) < 4.78 is 0. The summed E-state index contributed by atoms with van der Waals surface area (Å²) in [6, 6.07) is 8.20. The Bertz CT molecular complexity index is 544. The van der Waals surface area contributed by atoms with Crippen molar-refractivity contribution in [3.63, 3.8) is 0 Å². The van der Waals surface area contributed by atoms with E-state index in [1.807, 2.05) is 25.3 Å². The van der Waals surface area contributed by atoms with Crippen LogP contribution in [0.5, 0.6) is 0 Å². The van der Waals surface area contributed by atoms with Crippen molar-refractivity contribution in [2.45, 2.75) is 38.1 Å². The molecule has 0 saturated carbocycles. The van der Waals surface area contributed by atoms with Gasteiger partial charge in [-0.25, -0.2) is 0 Å². The minimum Gasteiger partial charge on any atom is -0.351 e. The van der Waals surface area contributed by atoms with Gasteiger partial charge >= 0.3 is 0 Å². The fourth-order valence-corrected chi connectivity index (χ4v) is 3.24. The van der Waals surface area contributed by atoms with Crippen LogP contribution >= 0.6 is 11.8 Å². The summed E-state index contributed by atoms with van der Waals surface area (Å²) in [5.41, 5.74) is 0.609.